The maximum absolute atomic E-state index is 13.0. The molecule has 2 N–H and O–H groups in total. The molecule has 0 bridgehead atoms. The number of aliphatic hydroxyl groups is 1. The summed E-state index contributed by atoms with van der Waals surface area (Å²) in [6.07, 6.45) is 1.21. The van der Waals surface area contributed by atoms with Gasteiger partial charge in [0.05, 0.1) is 0 Å². The summed E-state index contributed by atoms with van der Waals surface area (Å²) in [5, 5.41) is 3.02. The van der Waals surface area contributed by atoms with Gasteiger partial charge in [0.1, 0.15) is 0 Å². The predicted molar refractivity (Wildman–Crippen MR) is 60.8 cm³/mol. The van der Waals surface area contributed by atoms with E-state index in [1.165, 1.54) is 0 Å². The van der Waals surface area contributed by atoms with Crippen molar-refractivity contribution in [2.45, 2.75) is 56.1 Å². The Morgan fingerprint density at radius 2 is 1.26 bits per heavy atom. The molecule has 0 fully saturated rings. The molecule has 0 aliphatic heterocycles. The Kier molecular flexibility index (Phi) is 7.23. The summed E-state index contributed by atoms with van der Waals surface area (Å²) in [6, 6.07) is 0. The second kappa shape index (κ2) is 7.39. The molecule has 0 radical (unpaired) electrons. The third kappa shape index (κ3) is 5.62. The Balaban J connectivity index is 4.11. The fraction of sp³-hybridized carbons (Fsp3) is 1.00. The minimum absolute atomic E-state index is 0.0403. The van der Waals surface area contributed by atoms with Crippen LogP contribution < -0.4 is 0 Å². The van der Waals surface area contributed by atoms with E-state index in [0.29, 0.717) is 25.7 Å². The molecule has 0 aliphatic carbocycles. The second-order valence-electron chi connectivity index (χ2n) is 4.29. The van der Waals surface area contributed by atoms with Crippen molar-refractivity contribution in [1.82, 2.24) is 0 Å². The number of halogens is 4. The minimum atomic E-state index is -6.13. The van der Waals surface area contributed by atoms with E-state index in [1.54, 1.807) is 0 Å². The third-order valence-corrected chi connectivity index (χ3v) is 3.60. The van der Waals surface area contributed by atoms with Crippen LogP contribution in [0.1, 0.15) is 44.9 Å². The predicted octanol–water partition coefficient (Wildman–Crippen LogP) is 2.83. The third-order valence-electron chi connectivity index (χ3n) is 2.65. The number of hydrogen-bond acceptors (Lipinski definition) is 3. The van der Waals surface area contributed by atoms with E-state index in [4.69, 9.17) is 9.66 Å². The van der Waals surface area contributed by atoms with Crippen molar-refractivity contribution in [1.29, 1.82) is 0 Å². The van der Waals surface area contributed by atoms with Gasteiger partial charge in [0, 0.05) is 13.0 Å². The highest BCUT2D eigenvalue weighted by Crippen LogP contribution is 2.41. The zero-order valence-corrected chi connectivity index (χ0v) is 11.1. The first-order valence-corrected chi connectivity index (χ1v) is 7.34. The summed E-state index contributed by atoms with van der Waals surface area (Å²) in [5.41, 5.74) is 0. The quantitative estimate of drug-likeness (QED) is 0.370. The molecule has 0 unspecified atom stereocenters. The summed E-state index contributed by atoms with van der Waals surface area (Å²) in [7, 11) is -6.13. The number of rotatable bonds is 10. The zero-order chi connectivity index (χ0) is 15.2. The van der Waals surface area contributed by atoms with Crippen molar-refractivity contribution in [3.63, 3.8) is 0 Å². The molecule has 19 heavy (non-hydrogen) atoms. The monoisotopic (exact) mass is 310 g/mol. The molecular formula is C10H18F4O4S. The van der Waals surface area contributed by atoms with Crippen LogP contribution in [0.3, 0.4) is 0 Å². The van der Waals surface area contributed by atoms with Crippen LogP contribution in [0.4, 0.5) is 17.6 Å². The molecule has 0 aliphatic rings. The Labute approximate surface area is 109 Å². The van der Waals surface area contributed by atoms with Crippen LogP contribution in [-0.4, -0.2) is 35.9 Å². The van der Waals surface area contributed by atoms with Crippen molar-refractivity contribution in [2.24, 2.45) is 0 Å². The van der Waals surface area contributed by atoms with E-state index in [1.807, 2.05) is 0 Å². The van der Waals surface area contributed by atoms with E-state index >= 15 is 0 Å². The van der Waals surface area contributed by atoms with Crippen molar-refractivity contribution in [2.75, 3.05) is 6.61 Å². The van der Waals surface area contributed by atoms with Crippen LogP contribution in [-0.2, 0) is 10.1 Å². The van der Waals surface area contributed by atoms with E-state index in [-0.39, 0.29) is 19.4 Å². The Morgan fingerprint density at radius 1 is 0.842 bits per heavy atom. The summed E-state index contributed by atoms with van der Waals surface area (Å²) in [5.74, 6) is -4.79. The number of hydrogen-bond donors (Lipinski definition) is 2. The van der Waals surface area contributed by atoms with E-state index in [9.17, 15) is 26.0 Å². The van der Waals surface area contributed by atoms with Gasteiger partial charge in [-0.2, -0.15) is 26.0 Å². The van der Waals surface area contributed by atoms with Crippen molar-refractivity contribution in [3.05, 3.63) is 0 Å². The zero-order valence-electron chi connectivity index (χ0n) is 10.3. The molecule has 9 heteroatoms. The fourth-order valence-electron chi connectivity index (χ4n) is 1.50. The molecule has 0 saturated heterocycles. The number of aliphatic hydroxyl groups excluding tert-OH is 1. The highest BCUT2D eigenvalue weighted by atomic mass is 32.2. The molecule has 0 aromatic carbocycles. The lowest BCUT2D eigenvalue weighted by Crippen LogP contribution is -2.46. The van der Waals surface area contributed by atoms with Crippen LogP contribution in [0.2, 0.25) is 0 Å². The molecule has 0 heterocycles. The van der Waals surface area contributed by atoms with Gasteiger partial charge in [0.25, 0.3) is 0 Å². The number of unbranched alkanes of at least 4 members (excludes halogenated alkanes) is 5. The molecular weight excluding hydrogens is 292 g/mol. The van der Waals surface area contributed by atoms with Crippen molar-refractivity contribution in [3.8, 4) is 0 Å². The van der Waals surface area contributed by atoms with Gasteiger partial charge in [-0.3, -0.25) is 4.55 Å². The lowest BCUT2D eigenvalue weighted by atomic mass is 10.1. The summed E-state index contributed by atoms with van der Waals surface area (Å²) < 4.78 is 80.1. The Hall–Kier alpha value is -0.410. The van der Waals surface area contributed by atoms with Crippen LogP contribution in [0, 0.1) is 0 Å². The number of alkyl halides is 4. The molecule has 116 valence electrons. The van der Waals surface area contributed by atoms with Gasteiger partial charge in [0.15, 0.2) is 0 Å². The maximum atomic E-state index is 13.0. The van der Waals surface area contributed by atoms with Gasteiger partial charge in [-0.25, -0.2) is 0 Å². The largest absolute Gasteiger partial charge is 0.431 e. The van der Waals surface area contributed by atoms with Gasteiger partial charge in [-0.1, -0.05) is 25.7 Å². The van der Waals surface area contributed by atoms with Crippen molar-refractivity contribution >= 4 is 10.1 Å². The van der Waals surface area contributed by atoms with Gasteiger partial charge < -0.3 is 5.11 Å². The lowest BCUT2D eigenvalue weighted by molar-refractivity contribution is -0.164. The average molecular weight is 310 g/mol. The highest BCUT2D eigenvalue weighted by molar-refractivity contribution is 7.87. The van der Waals surface area contributed by atoms with Gasteiger partial charge in [0.2, 0.25) is 0 Å². The Morgan fingerprint density at radius 3 is 1.68 bits per heavy atom. The normalized spacial score (nSPS) is 13.8. The first-order chi connectivity index (χ1) is 8.56. The topological polar surface area (TPSA) is 74.6 Å². The van der Waals surface area contributed by atoms with Crippen molar-refractivity contribution < 1.29 is 35.6 Å². The summed E-state index contributed by atoms with van der Waals surface area (Å²) in [4.78, 5) is 0. The van der Waals surface area contributed by atoms with E-state index < -0.39 is 27.7 Å². The highest BCUT2D eigenvalue weighted by Gasteiger charge is 2.64. The molecule has 0 atom stereocenters. The fourth-order valence-corrected chi connectivity index (χ4v) is 1.98. The molecule has 0 aromatic heterocycles. The van der Waals surface area contributed by atoms with Crippen LogP contribution in [0.15, 0.2) is 0 Å². The SMILES string of the molecule is O=S(=O)(O)C(F)(F)C(F)(F)CCCCCCCCO. The second-order valence-corrected chi connectivity index (χ2v) is 5.75. The standard InChI is InChI=1S/C10H18F4O4S/c11-9(12,10(13,14)19(16,17)18)7-5-3-1-2-4-6-8-15/h15H,1-8H2,(H,16,17,18). The minimum Gasteiger partial charge on any atom is -0.396 e. The maximum Gasteiger partial charge on any atom is 0.431 e. The van der Waals surface area contributed by atoms with Gasteiger partial charge in [-0.15, -0.1) is 0 Å². The average Bonchev–Trinajstić information content (AvgIpc) is 2.26. The molecule has 0 amide bonds. The summed E-state index contributed by atoms with van der Waals surface area (Å²) in [6.45, 7) is 0.0403. The smallest absolute Gasteiger partial charge is 0.396 e. The first-order valence-electron chi connectivity index (χ1n) is 5.90. The molecule has 4 nitrogen and oxygen atoms in total. The van der Waals surface area contributed by atoms with Gasteiger partial charge >= 0.3 is 21.3 Å². The molecule has 0 aromatic rings. The summed E-state index contributed by atoms with van der Waals surface area (Å²) >= 11 is 0. The first kappa shape index (κ1) is 18.6. The van der Waals surface area contributed by atoms with E-state index in [0.717, 1.165) is 0 Å². The van der Waals surface area contributed by atoms with Crippen LogP contribution in [0.5, 0.6) is 0 Å². The molecule has 0 spiro atoms. The Bertz CT molecular complexity index is 357. The van der Waals surface area contributed by atoms with E-state index in [2.05, 4.69) is 0 Å². The van der Waals surface area contributed by atoms with Crippen LogP contribution >= 0.6 is 0 Å². The van der Waals surface area contributed by atoms with Crippen LogP contribution in [0.25, 0.3) is 0 Å². The molecule has 0 saturated carbocycles. The lowest BCUT2D eigenvalue weighted by Gasteiger charge is -2.23. The molecule has 0 rings (SSSR count). The van der Waals surface area contributed by atoms with Gasteiger partial charge in [-0.05, 0) is 12.8 Å².